The van der Waals surface area contributed by atoms with Crippen molar-refractivity contribution in [2.45, 2.75) is 39.2 Å². The Kier molecular flexibility index (Phi) is 5.35. The van der Waals surface area contributed by atoms with Gasteiger partial charge in [-0.15, -0.1) is 0 Å². The van der Waals surface area contributed by atoms with Crippen LogP contribution in [0.15, 0.2) is 29.3 Å². The first-order valence-electron chi connectivity index (χ1n) is 7.77. The highest BCUT2D eigenvalue weighted by atomic mass is 16.6. The minimum Gasteiger partial charge on any atom is -0.356 e. The van der Waals surface area contributed by atoms with Crippen LogP contribution in [0.4, 0.5) is 5.69 Å². The molecule has 0 bridgehead atoms. The van der Waals surface area contributed by atoms with Gasteiger partial charge in [0.25, 0.3) is 5.69 Å². The van der Waals surface area contributed by atoms with Gasteiger partial charge in [-0.1, -0.05) is 31.5 Å². The molecule has 1 saturated carbocycles. The summed E-state index contributed by atoms with van der Waals surface area (Å²) in [7, 11) is 1.72. The SMILES string of the molecule is CCC1(CNC(=NC)NCc2ccccc2[N+](=O)[O-])CCC1. The number of benzene rings is 1. The molecule has 1 aromatic rings. The predicted molar refractivity (Wildman–Crippen MR) is 87.9 cm³/mol. The minimum atomic E-state index is -0.354. The lowest BCUT2D eigenvalue weighted by molar-refractivity contribution is -0.385. The van der Waals surface area contributed by atoms with Crippen molar-refractivity contribution in [3.8, 4) is 0 Å². The summed E-state index contributed by atoms with van der Waals surface area (Å²) in [5.41, 5.74) is 1.19. The van der Waals surface area contributed by atoms with Gasteiger partial charge in [-0.3, -0.25) is 15.1 Å². The van der Waals surface area contributed by atoms with Crippen LogP contribution in [0.2, 0.25) is 0 Å². The summed E-state index contributed by atoms with van der Waals surface area (Å²) >= 11 is 0. The maximum atomic E-state index is 11.0. The maximum absolute atomic E-state index is 11.0. The van der Waals surface area contributed by atoms with Gasteiger partial charge >= 0.3 is 0 Å². The molecule has 0 aromatic heterocycles. The molecule has 1 aliphatic rings. The Morgan fingerprint density at radius 3 is 2.64 bits per heavy atom. The van der Waals surface area contributed by atoms with Crippen LogP contribution < -0.4 is 10.6 Å². The second-order valence-corrected chi connectivity index (χ2v) is 5.87. The van der Waals surface area contributed by atoms with Gasteiger partial charge in [0.15, 0.2) is 5.96 Å². The molecule has 0 heterocycles. The molecular weight excluding hydrogens is 280 g/mol. The summed E-state index contributed by atoms with van der Waals surface area (Å²) in [4.78, 5) is 14.9. The minimum absolute atomic E-state index is 0.134. The summed E-state index contributed by atoms with van der Waals surface area (Å²) in [5, 5.41) is 17.5. The zero-order valence-corrected chi connectivity index (χ0v) is 13.3. The van der Waals surface area contributed by atoms with E-state index in [4.69, 9.17) is 0 Å². The molecule has 2 rings (SSSR count). The molecule has 0 spiro atoms. The molecule has 0 saturated heterocycles. The Labute approximate surface area is 131 Å². The number of hydrogen-bond donors (Lipinski definition) is 2. The van der Waals surface area contributed by atoms with Gasteiger partial charge in [-0.05, 0) is 24.7 Å². The summed E-state index contributed by atoms with van der Waals surface area (Å²) in [6, 6.07) is 6.77. The van der Waals surface area contributed by atoms with E-state index < -0.39 is 0 Å². The van der Waals surface area contributed by atoms with E-state index in [1.807, 2.05) is 0 Å². The Morgan fingerprint density at radius 1 is 1.36 bits per heavy atom. The monoisotopic (exact) mass is 304 g/mol. The maximum Gasteiger partial charge on any atom is 0.274 e. The topological polar surface area (TPSA) is 79.6 Å². The fourth-order valence-corrected chi connectivity index (χ4v) is 2.84. The van der Waals surface area contributed by atoms with Crippen LogP contribution in [-0.2, 0) is 6.54 Å². The molecule has 0 amide bonds. The van der Waals surface area contributed by atoms with Crippen LogP contribution in [0.25, 0.3) is 0 Å². The molecular formula is C16H24N4O2. The van der Waals surface area contributed by atoms with Gasteiger partial charge in [-0.25, -0.2) is 0 Å². The van der Waals surface area contributed by atoms with Crippen LogP contribution in [0.5, 0.6) is 0 Å². The molecule has 0 aliphatic heterocycles. The fourth-order valence-electron chi connectivity index (χ4n) is 2.84. The first-order valence-corrected chi connectivity index (χ1v) is 7.77. The fraction of sp³-hybridized carbons (Fsp3) is 0.562. The van der Waals surface area contributed by atoms with Crippen molar-refractivity contribution >= 4 is 11.6 Å². The third-order valence-electron chi connectivity index (χ3n) is 4.65. The van der Waals surface area contributed by atoms with Gasteiger partial charge in [-0.2, -0.15) is 0 Å². The zero-order valence-electron chi connectivity index (χ0n) is 13.3. The second kappa shape index (κ2) is 7.24. The predicted octanol–water partition coefficient (Wildman–Crippen LogP) is 2.84. The van der Waals surface area contributed by atoms with Crippen molar-refractivity contribution in [1.29, 1.82) is 0 Å². The number of para-hydroxylation sites is 1. The average Bonchev–Trinajstić information content (AvgIpc) is 2.49. The third-order valence-corrected chi connectivity index (χ3v) is 4.65. The molecule has 0 unspecified atom stereocenters. The van der Waals surface area contributed by atoms with Crippen molar-refractivity contribution in [1.82, 2.24) is 10.6 Å². The van der Waals surface area contributed by atoms with Crippen molar-refractivity contribution in [3.05, 3.63) is 39.9 Å². The molecule has 22 heavy (non-hydrogen) atoms. The normalized spacial score (nSPS) is 16.7. The lowest BCUT2D eigenvalue weighted by Gasteiger charge is -2.41. The molecule has 1 aromatic carbocycles. The van der Waals surface area contributed by atoms with Gasteiger partial charge in [0.2, 0.25) is 0 Å². The molecule has 2 N–H and O–H groups in total. The number of guanidine groups is 1. The third kappa shape index (κ3) is 3.75. The number of nitro groups is 1. The average molecular weight is 304 g/mol. The lowest BCUT2D eigenvalue weighted by atomic mass is 9.67. The van der Waals surface area contributed by atoms with E-state index in [1.165, 1.54) is 31.7 Å². The van der Waals surface area contributed by atoms with Crippen molar-refractivity contribution in [2.75, 3.05) is 13.6 Å². The zero-order chi connectivity index (χ0) is 16.0. The summed E-state index contributed by atoms with van der Waals surface area (Å²) in [5.74, 6) is 0.692. The van der Waals surface area contributed by atoms with Crippen molar-refractivity contribution in [2.24, 2.45) is 10.4 Å². The van der Waals surface area contributed by atoms with Gasteiger partial charge < -0.3 is 10.6 Å². The van der Waals surface area contributed by atoms with E-state index in [9.17, 15) is 10.1 Å². The van der Waals surface area contributed by atoms with Crippen molar-refractivity contribution < 1.29 is 4.92 Å². The van der Waals surface area contributed by atoms with E-state index in [-0.39, 0.29) is 10.6 Å². The summed E-state index contributed by atoms with van der Waals surface area (Å²) in [6.45, 7) is 3.51. The van der Waals surface area contributed by atoms with Gasteiger partial charge in [0.1, 0.15) is 0 Å². The van der Waals surface area contributed by atoms with Crippen LogP contribution in [0, 0.1) is 15.5 Å². The molecule has 120 valence electrons. The van der Waals surface area contributed by atoms with Gasteiger partial charge in [0.05, 0.1) is 4.92 Å². The smallest absolute Gasteiger partial charge is 0.274 e. The van der Waals surface area contributed by atoms with E-state index >= 15 is 0 Å². The van der Waals surface area contributed by atoms with Crippen LogP contribution in [0.3, 0.4) is 0 Å². The number of nitrogens with one attached hydrogen (secondary N) is 2. The van der Waals surface area contributed by atoms with E-state index in [2.05, 4.69) is 22.5 Å². The molecule has 6 heteroatoms. The first kappa shape index (κ1) is 16.3. The van der Waals surface area contributed by atoms with Crippen LogP contribution in [0.1, 0.15) is 38.2 Å². The van der Waals surface area contributed by atoms with E-state index in [1.54, 1.807) is 25.2 Å². The number of rotatable bonds is 6. The lowest BCUT2D eigenvalue weighted by Crippen LogP contribution is -2.46. The largest absolute Gasteiger partial charge is 0.356 e. The first-order chi connectivity index (χ1) is 10.6. The standard InChI is InChI=1S/C16H24N4O2/c1-3-16(9-6-10-16)12-19-15(17-2)18-11-13-7-4-5-8-14(13)20(21)22/h4-5,7-8H,3,6,9-12H2,1-2H3,(H2,17,18,19). The number of hydrogen-bond acceptors (Lipinski definition) is 3. The highest BCUT2D eigenvalue weighted by molar-refractivity contribution is 5.79. The molecule has 0 atom stereocenters. The Morgan fingerprint density at radius 2 is 2.09 bits per heavy atom. The highest BCUT2D eigenvalue weighted by Crippen LogP contribution is 2.42. The molecule has 1 fully saturated rings. The number of nitro benzene ring substituents is 1. The Hall–Kier alpha value is -2.11. The number of nitrogens with zero attached hydrogens (tertiary/aromatic N) is 2. The van der Waals surface area contributed by atoms with E-state index in [0.717, 1.165) is 6.54 Å². The quantitative estimate of drug-likeness (QED) is 0.366. The van der Waals surface area contributed by atoms with Crippen LogP contribution >= 0.6 is 0 Å². The number of aliphatic imine (C=N–C) groups is 1. The summed E-state index contributed by atoms with van der Waals surface area (Å²) in [6.07, 6.45) is 4.99. The summed E-state index contributed by atoms with van der Waals surface area (Å²) < 4.78 is 0. The van der Waals surface area contributed by atoms with E-state index in [0.29, 0.717) is 23.5 Å². The van der Waals surface area contributed by atoms with Gasteiger partial charge in [0, 0.05) is 31.8 Å². The Balaban J connectivity index is 1.90. The second-order valence-electron chi connectivity index (χ2n) is 5.87. The Bertz CT molecular complexity index is 547. The van der Waals surface area contributed by atoms with Crippen LogP contribution in [-0.4, -0.2) is 24.5 Å². The highest BCUT2D eigenvalue weighted by Gasteiger charge is 2.34. The molecule has 6 nitrogen and oxygen atoms in total. The molecule has 0 radical (unpaired) electrons. The molecule has 1 aliphatic carbocycles. The van der Waals surface area contributed by atoms with Crippen molar-refractivity contribution in [3.63, 3.8) is 0 Å².